The van der Waals surface area contributed by atoms with Gasteiger partial charge in [-0.1, -0.05) is 18.5 Å². The molecule has 8 heteroatoms. The second kappa shape index (κ2) is 8.04. The topological polar surface area (TPSA) is 99.7 Å². The van der Waals surface area contributed by atoms with E-state index >= 15 is 0 Å². The van der Waals surface area contributed by atoms with Crippen molar-refractivity contribution < 1.29 is 5.11 Å². The molecule has 2 atom stereocenters. The molecule has 1 aliphatic heterocycles. The molecular formula is C22H29ClN6O. The molecule has 4 N–H and O–H groups in total. The van der Waals surface area contributed by atoms with Crippen molar-refractivity contribution in [1.29, 1.82) is 0 Å². The van der Waals surface area contributed by atoms with Crippen molar-refractivity contribution in [2.75, 3.05) is 23.3 Å². The Labute approximate surface area is 182 Å². The number of hydrogen-bond acceptors (Lipinski definition) is 7. The van der Waals surface area contributed by atoms with Gasteiger partial charge in [-0.05, 0) is 45.2 Å². The van der Waals surface area contributed by atoms with Crippen LogP contribution in [0.15, 0.2) is 35.2 Å². The van der Waals surface area contributed by atoms with Crippen LogP contribution in [-0.2, 0) is 0 Å². The number of anilines is 2. The zero-order valence-electron chi connectivity index (χ0n) is 17.7. The smallest absolute Gasteiger partial charge is 0.227 e. The summed E-state index contributed by atoms with van der Waals surface area (Å²) in [5.74, 6) is 0.611. The van der Waals surface area contributed by atoms with Crippen LogP contribution in [0.25, 0.3) is 10.9 Å². The molecule has 7 nitrogen and oxygen atoms in total. The molecule has 160 valence electrons. The van der Waals surface area contributed by atoms with Crippen molar-refractivity contribution in [3.8, 4) is 0 Å². The lowest BCUT2D eigenvalue weighted by molar-refractivity contribution is -0.00933. The molecule has 1 aliphatic carbocycles. The van der Waals surface area contributed by atoms with Crippen molar-refractivity contribution in [3.63, 3.8) is 0 Å². The van der Waals surface area contributed by atoms with Crippen LogP contribution < -0.4 is 16.0 Å². The molecule has 2 aliphatic rings. The van der Waals surface area contributed by atoms with Crippen LogP contribution >= 0.6 is 11.6 Å². The summed E-state index contributed by atoms with van der Waals surface area (Å²) < 4.78 is 0. The summed E-state index contributed by atoms with van der Waals surface area (Å²) in [5.41, 5.74) is 8.44. The second-order valence-electron chi connectivity index (χ2n) is 8.66. The number of nitrogens with one attached hydrogen (secondary N) is 1. The summed E-state index contributed by atoms with van der Waals surface area (Å²) in [6.45, 7) is 7.40. The number of nitrogens with zero attached hydrogens (tertiary/aromatic N) is 4. The minimum absolute atomic E-state index is 0.145. The van der Waals surface area contributed by atoms with E-state index in [9.17, 15) is 5.11 Å². The highest BCUT2D eigenvalue weighted by Gasteiger charge is 2.35. The van der Waals surface area contributed by atoms with Crippen molar-refractivity contribution >= 4 is 39.9 Å². The van der Waals surface area contributed by atoms with E-state index in [1.54, 1.807) is 6.20 Å². The van der Waals surface area contributed by atoms with E-state index in [2.05, 4.69) is 32.1 Å². The van der Waals surface area contributed by atoms with Crippen LogP contribution in [0.5, 0.6) is 0 Å². The first-order chi connectivity index (χ1) is 14.3. The first kappa shape index (κ1) is 20.9. The fourth-order valence-electron chi connectivity index (χ4n) is 3.71. The summed E-state index contributed by atoms with van der Waals surface area (Å²) in [6, 6.07) is 4.30. The minimum Gasteiger partial charge on any atom is -0.403 e. The Bertz CT molecular complexity index is 1010. The van der Waals surface area contributed by atoms with Crippen molar-refractivity contribution in [3.05, 3.63) is 35.2 Å². The Balaban J connectivity index is 1.60. The number of aliphatic hydroxyl groups is 1. The number of allylic oxidation sites excluding steroid dienone is 1. The lowest BCUT2D eigenvalue weighted by Crippen LogP contribution is -2.49. The normalized spacial score (nSPS) is 25.6. The van der Waals surface area contributed by atoms with E-state index in [1.807, 2.05) is 26.0 Å². The number of piperidine rings is 1. The Morgan fingerprint density at radius 3 is 2.87 bits per heavy atom. The number of aliphatic imine (C=N–C) groups is 1. The van der Waals surface area contributed by atoms with E-state index in [0.29, 0.717) is 29.1 Å². The lowest BCUT2D eigenvalue weighted by Gasteiger charge is -2.42. The maximum Gasteiger partial charge on any atom is 0.227 e. The molecule has 2 aromatic rings. The van der Waals surface area contributed by atoms with Gasteiger partial charge in [0.25, 0.3) is 0 Å². The summed E-state index contributed by atoms with van der Waals surface area (Å²) in [7, 11) is 0. The van der Waals surface area contributed by atoms with Gasteiger partial charge in [0, 0.05) is 36.8 Å². The molecule has 0 radical (unpaired) electrons. The van der Waals surface area contributed by atoms with E-state index in [4.69, 9.17) is 17.3 Å². The Morgan fingerprint density at radius 1 is 1.43 bits per heavy atom. The molecule has 2 unspecified atom stereocenters. The Morgan fingerprint density at radius 2 is 2.20 bits per heavy atom. The van der Waals surface area contributed by atoms with Crippen LogP contribution in [0.4, 0.5) is 11.6 Å². The van der Waals surface area contributed by atoms with Crippen molar-refractivity contribution in [2.24, 2.45) is 16.6 Å². The van der Waals surface area contributed by atoms with Crippen molar-refractivity contribution in [2.45, 2.75) is 51.7 Å². The first-order valence-electron chi connectivity index (χ1n) is 10.4. The molecule has 1 aromatic carbocycles. The van der Waals surface area contributed by atoms with Gasteiger partial charge in [-0.3, -0.25) is 4.99 Å². The zero-order valence-corrected chi connectivity index (χ0v) is 18.4. The number of benzene rings is 1. The van der Waals surface area contributed by atoms with Gasteiger partial charge < -0.3 is 21.1 Å². The fourth-order valence-corrected chi connectivity index (χ4v) is 4.00. The van der Waals surface area contributed by atoms with Gasteiger partial charge in [-0.2, -0.15) is 0 Å². The summed E-state index contributed by atoms with van der Waals surface area (Å²) >= 11 is 6.58. The average molecular weight is 429 g/mol. The highest BCUT2D eigenvalue weighted by Crippen LogP contribution is 2.36. The third kappa shape index (κ3) is 4.37. The summed E-state index contributed by atoms with van der Waals surface area (Å²) in [4.78, 5) is 15.9. The monoisotopic (exact) mass is 428 g/mol. The molecule has 2 fully saturated rings. The third-order valence-corrected chi connectivity index (χ3v) is 6.46. The van der Waals surface area contributed by atoms with E-state index in [-0.39, 0.29) is 5.92 Å². The second-order valence-corrected chi connectivity index (χ2v) is 9.07. The average Bonchev–Trinajstić information content (AvgIpc) is 3.52. The predicted octanol–water partition coefficient (Wildman–Crippen LogP) is 3.72. The molecular weight excluding hydrogens is 400 g/mol. The third-order valence-electron chi connectivity index (χ3n) is 6.16. The fraction of sp³-hybridized carbons (Fsp3) is 0.500. The zero-order chi connectivity index (χ0) is 21.5. The van der Waals surface area contributed by atoms with E-state index < -0.39 is 5.60 Å². The quantitative estimate of drug-likeness (QED) is 0.627. The van der Waals surface area contributed by atoms with Gasteiger partial charge >= 0.3 is 0 Å². The molecule has 1 saturated heterocycles. The molecule has 0 bridgehead atoms. The van der Waals surface area contributed by atoms with Gasteiger partial charge in [-0.25, -0.2) is 9.97 Å². The van der Waals surface area contributed by atoms with Crippen molar-refractivity contribution in [1.82, 2.24) is 9.97 Å². The molecule has 0 amide bonds. The van der Waals surface area contributed by atoms with E-state index in [0.717, 1.165) is 48.2 Å². The number of nitrogens with two attached hydrogens (primary N) is 1. The van der Waals surface area contributed by atoms with Crippen LogP contribution in [0.1, 0.15) is 40.0 Å². The molecule has 2 heterocycles. The van der Waals surface area contributed by atoms with Gasteiger partial charge in [0.2, 0.25) is 5.95 Å². The SMILES string of the molecule is CC(=NC1CC1)/C(=C\N)Nc1ncc2cc(Cl)c(N3CCC(C)(O)C(C)C3)cc2n1. The highest BCUT2D eigenvalue weighted by atomic mass is 35.5. The number of aromatic nitrogens is 2. The highest BCUT2D eigenvalue weighted by molar-refractivity contribution is 6.34. The van der Waals surface area contributed by atoms with E-state index in [1.165, 1.54) is 6.20 Å². The number of fused-ring (bicyclic) bond motifs is 1. The Hall–Kier alpha value is -2.38. The number of hydrogen-bond donors (Lipinski definition) is 3. The van der Waals surface area contributed by atoms with Crippen LogP contribution in [-0.4, -0.2) is 45.5 Å². The molecule has 4 rings (SSSR count). The van der Waals surface area contributed by atoms with Gasteiger partial charge in [-0.15, -0.1) is 0 Å². The maximum absolute atomic E-state index is 10.5. The molecule has 0 spiro atoms. The first-order valence-corrected chi connectivity index (χ1v) is 10.8. The van der Waals surface area contributed by atoms with Gasteiger partial charge in [0.15, 0.2) is 0 Å². The van der Waals surface area contributed by atoms with Gasteiger partial charge in [0.05, 0.1) is 39.3 Å². The number of rotatable bonds is 5. The minimum atomic E-state index is -0.649. The lowest BCUT2D eigenvalue weighted by atomic mass is 9.84. The maximum atomic E-state index is 10.5. The molecule has 1 saturated carbocycles. The standard InChI is InChI=1S/C22H29ClN6O/c1-13-12-29(7-6-22(13,3)30)20-9-18-15(8-17(20)23)11-25-21(27-18)28-19(10-24)14(2)26-16-4-5-16/h8-11,13,16,30H,4-7,12,24H2,1-3H3,(H,25,27,28)/b19-10+,26-14?. The summed E-state index contributed by atoms with van der Waals surface area (Å²) in [6.07, 6.45) is 6.23. The van der Waals surface area contributed by atoms with Crippen LogP contribution in [0.2, 0.25) is 5.02 Å². The van der Waals surface area contributed by atoms with Crippen LogP contribution in [0.3, 0.4) is 0 Å². The summed E-state index contributed by atoms with van der Waals surface area (Å²) in [5, 5.41) is 15.2. The number of halogens is 1. The predicted molar refractivity (Wildman–Crippen MR) is 123 cm³/mol. The molecule has 30 heavy (non-hydrogen) atoms. The van der Waals surface area contributed by atoms with Crippen LogP contribution in [0, 0.1) is 5.92 Å². The molecule has 1 aromatic heterocycles. The largest absolute Gasteiger partial charge is 0.403 e. The Kier molecular flexibility index (Phi) is 5.59. The van der Waals surface area contributed by atoms with Gasteiger partial charge in [0.1, 0.15) is 0 Å².